The predicted molar refractivity (Wildman–Crippen MR) is 115 cm³/mol. The average molecular weight is 405 g/mol. The zero-order valence-electron chi connectivity index (χ0n) is 17.3. The Morgan fingerprint density at radius 3 is 2.60 bits per heavy atom. The number of hydrogen-bond acceptors (Lipinski definition) is 5. The van der Waals surface area contributed by atoms with E-state index >= 15 is 0 Å². The molecule has 1 aromatic heterocycles. The smallest absolute Gasteiger partial charge is 0.306 e. The van der Waals surface area contributed by atoms with Crippen molar-refractivity contribution in [2.75, 3.05) is 0 Å². The van der Waals surface area contributed by atoms with Crippen molar-refractivity contribution in [1.29, 1.82) is 0 Å². The molecular formula is C24H27N3O3. The lowest BCUT2D eigenvalue weighted by Crippen LogP contribution is -2.43. The first-order valence-electron chi connectivity index (χ1n) is 10.5. The lowest BCUT2D eigenvalue weighted by molar-refractivity contribution is -0.145. The van der Waals surface area contributed by atoms with Gasteiger partial charge in [0, 0.05) is 23.7 Å². The van der Waals surface area contributed by atoms with Crippen LogP contribution in [0.5, 0.6) is 0 Å². The largest absolute Gasteiger partial charge is 0.481 e. The number of hydrogen-bond donors (Lipinski definition) is 2. The van der Waals surface area contributed by atoms with Crippen molar-refractivity contribution in [3.8, 4) is 22.8 Å². The molecule has 0 radical (unpaired) electrons. The Morgan fingerprint density at radius 1 is 1.13 bits per heavy atom. The third-order valence-corrected chi connectivity index (χ3v) is 5.54. The maximum Gasteiger partial charge on any atom is 0.306 e. The van der Waals surface area contributed by atoms with Crippen LogP contribution in [-0.4, -0.2) is 27.3 Å². The van der Waals surface area contributed by atoms with E-state index in [0.717, 1.165) is 23.1 Å². The summed E-state index contributed by atoms with van der Waals surface area (Å²) >= 11 is 0. The van der Waals surface area contributed by atoms with E-state index < -0.39 is 5.97 Å². The van der Waals surface area contributed by atoms with Crippen LogP contribution >= 0.6 is 0 Å². The van der Waals surface area contributed by atoms with Crippen LogP contribution in [0.1, 0.15) is 37.8 Å². The Morgan fingerprint density at radius 2 is 1.90 bits per heavy atom. The summed E-state index contributed by atoms with van der Waals surface area (Å²) in [4.78, 5) is 15.5. The molecule has 1 saturated carbocycles. The normalized spacial score (nSPS) is 18.4. The molecule has 0 bridgehead atoms. The monoisotopic (exact) mass is 405 g/mol. The molecule has 0 amide bonds. The predicted octanol–water partition coefficient (Wildman–Crippen LogP) is 4.55. The fraction of sp³-hybridized carbons (Fsp3) is 0.375. The first kappa shape index (κ1) is 20.3. The molecule has 1 aliphatic carbocycles. The third-order valence-electron chi connectivity index (χ3n) is 5.54. The van der Waals surface area contributed by atoms with Crippen LogP contribution in [0.25, 0.3) is 22.8 Å². The Labute approximate surface area is 176 Å². The van der Waals surface area contributed by atoms with E-state index in [2.05, 4.69) is 41.4 Å². The van der Waals surface area contributed by atoms with Gasteiger partial charge in [-0.05, 0) is 54.5 Å². The standard InChI is InChI=1S/C24H27N3O3/c1-15(2)10-16-6-8-18(9-7-16)23-26-22(27-30-23)19-5-3-4-17(11-19)14-25-21-12-20(13-21)24(28)29/h3-9,11,15,20-21,25H,10,12-14H2,1-2H3,(H,28,29). The molecule has 1 fully saturated rings. The summed E-state index contributed by atoms with van der Waals surface area (Å²) in [7, 11) is 0. The van der Waals surface area contributed by atoms with E-state index in [9.17, 15) is 4.79 Å². The second kappa shape index (κ2) is 8.79. The third kappa shape index (κ3) is 4.76. The maximum absolute atomic E-state index is 10.9. The minimum Gasteiger partial charge on any atom is -0.481 e. The highest BCUT2D eigenvalue weighted by Gasteiger charge is 2.33. The van der Waals surface area contributed by atoms with Crippen molar-refractivity contribution in [3.05, 3.63) is 59.7 Å². The van der Waals surface area contributed by atoms with Crippen LogP contribution in [-0.2, 0) is 17.8 Å². The molecule has 1 aliphatic rings. The molecule has 1 heterocycles. The number of rotatable bonds is 8. The molecule has 30 heavy (non-hydrogen) atoms. The second-order valence-corrected chi connectivity index (χ2v) is 8.50. The van der Waals surface area contributed by atoms with Gasteiger partial charge in [-0.1, -0.05) is 49.3 Å². The number of nitrogens with zero attached hydrogens (tertiary/aromatic N) is 2. The summed E-state index contributed by atoms with van der Waals surface area (Å²) in [5, 5.41) is 16.6. The Balaban J connectivity index is 1.40. The van der Waals surface area contributed by atoms with Crippen molar-refractivity contribution in [2.24, 2.45) is 11.8 Å². The number of nitrogens with one attached hydrogen (secondary N) is 1. The van der Waals surface area contributed by atoms with E-state index in [1.807, 2.05) is 36.4 Å². The minimum absolute atomic E-state index is 0.203. The molecule has 2 aromatic carbocycles. The number of benzene rings is 2. The number of carboxylic acids is 1. The van der Waals surface area contributed by atoms with Gasteiger partial charge in [0.1, 0.15) is 0 Å². The first-order chi connectivity index (χ1) is 14.5. The van der Waals surface area contributed by atoms with E-state index in [-0.39, 0.29) is 12.0 Å². The highest BCUT2D eigenvalue weighted by Crippen LogP contribution is 2.28. The van der Waals surface area contributed by atoms with Gasteiger partial charge in [0.05, 0.1) is 5.92 Å². The molecule has 0 spiro atoms. The van der Waals surface area contributed by atoms with Gasteiger partial charge < -0.3 is 14.9 Å². The molecule has 3 aromatic rings. The van der Waals surface area contributed by atoms with Gasteiger partial charge in [0.15, 0.2) is 0 Å². The molecule has 6 heteroatoms. The van der Waals surface area contributed by atoms with Crippen molar-refractivity contribution < 1.29 is 14.4 Å². The van der Waals surface area contributed by atoms with Crippen molar-refractivity contribution >= 4 is 5.97 Å². The Bertz CT molecular complexity index is 1000. The van der Waals surface area contributed by atoms with Gasteiger partial charge in [-0.15, -0.1) is 0 Å². The number of carboxylic acid groups (broad SMARTS) is 1. The summed E-state index contributed by atoms with van der Waals surface area (Å²) in [6, 6.07) is 16.6. The van der Waals surface area contributed by atoms with E-state index in [1.165, 1.54) is 5.56 Å². The van der Waals surface area contributed by atoms with Gasteiger partial charge in [-0.3, -0.25) is 4.79 Å². The van der Waals surface area contributed by atoms with Gasteiger partial charge in [0.2, 0.25) is 5.82 Å². The van der Waals surface area contributed by atoms with Crippen LogP contribution in [0.15, 0.2) is 53.1 Å². The number of aromatic nitrogens is 2. The fourth-order valence-electron chi connectivity index (χ4n) is 3.78. The van der Waals surface area contributed by atoms with Gasteiger partial charge >= 0.3 is 5.97 Å². The topological polar surface area (TPSA) is 88.2 Å². The number of aliphatic carboxylic acids is 1. The van der Waals surface area contributed by atoms with E-state index in [0.29, 0.717) is 37.0 Å². The molecule has 0 atom stereocenters. The SMILES string of the molecule is CC(C)Cc1ccc(-c2nc(-c3cccc(CNC4CC(C(=O)O)C4)c3)no2)cc1. The van der Waals surface area contributed by atoms with Gasteiger partial charge in [-0.2, -0.15) is 4.98 Å². The second-order valence-electron chi connectivity index (χ2n) is 8.50. The lowest BCUT2D eigenvalue weighted by Gasteiger charge is -2.33. The van der Waals surface area contributed by atoms with Crippen LogP contribution < -0.4 is 5.32 Å². The summed E-state index contributed by atoms with van der Waals surface area (Å²) < 4.78 is 5.49. The summed E-state index contributed by atoms with van der Waals surface area (Å²) in [6.07, 6.45) is 2.44. The number of carbonyl (C=O) groups is 1. The first-order valence-corrected chi connectivity index (χ1v) is 10.5. The molecule has 6 nitrogen and oxygen atoms in total. The molecular weight excluding hydrogens is 378 g/mol. The minimum atomic E-state index is -0.697. The quantitative estimate of drug-likeness (QED) is 0.571. The van der Waals surface area contributed by atoms with Gasteiger partial charge in [-0.25, -0.2) is 0 Å². The van der Waals surface area contributed by atoms with Crippen molar-refractivity contribution in [2.45, 2.75) is 45.7 Å². The van der Waals surface area contributed by atoms with Crippen LogP contribution in [0.4, 0.5) is 0 Å². The summed E-state index contributed by atoms with van der Waals surface area (Å²) in [5.41, 5.74) is 4.22. The molecule has 2 N–H and O–H groups in total. The zero-order chi connectivity index (χ0) is 21.1. The van der Waals surface area contributed by atoms with Crippen LogP contribution in [0.3, 0.4) is 0 Å². The Hall–Kier alpha value is -2.99. The molecule has 0 aliphatic heterocycles. The molecule has 0 saturated heterocycles. The molecule has 156 valence electrons. The maximum atomic E-state index is 10.9. The lowest BCUT2D eigenvalue weighted by atomic mass is 9.80. The Kier molecular flexibility index (Phi) is 5.95. The molecule has 4 rings (SSSR count). The van der Waals surface area contributed by atoms with Crippen molar-refractivity contribution in [1.82, 2.24) is 15.5 Å². The van der Waals surface area contributed by atoms with Gasteiger partial charge in [0.25, 0.3) is 5.89 Å². The zero-order valence-corrected chi connectivity index (χ0v) is 17.3. The summed E-state index contributed by atoms with van der Waals surface area (Å²) in [6.45, 7) is 5.11. The van der Waals surface area contributed by atoms with Crippen LogP contribution in [0.2, 0.25) is 0 Å². The highest BCUT2D eigenvalue weighted by atomic mass is 16.5. The molecule has 0 unspecified atom stereocenters. The summed E-state index contributed by atoms with van der Waals surface area (Å²) in [5.74, 6) is 0.797. The average Bonchev–Trinajstić information content (AvgIpc) is 3.17. The van der Waals surface area contributed by atoms with E-state index in [4.69, 9.17) is 9.63 Å². The highest BCUT2D eigenvalue weighted by molar-refractivity contribution is 5.71. The van der Waals surface area contributed by atoms with E-state index in [1.54, 1.807) is 0 Å². The van der Waals surface area contributed by atoms with Crippen molar-refractivity contribution in [3.63, 3.8) is 0 Å². The fourth-order valence-corrected chi connectivity index (χ4v) is 3.78. The van der Waals surface area contributed by atoms with Crippen LogP contribution in [0, 0.1) is 11.8 Å².